The number of benzene rings is 2. The molecule has 4 rings (SSSR count). The van der Waals surface area contributed by atoms with Gasteiger partial charge < -0.3 is 10.1 Å². The Labute approximate surface area is 164 Å². The molecule has 1 N–H and O–H groups in total. The second-order valence-corrected chi connectivity index (χ2v) is 6.81. The average molecular weight is 370 g/mol. The van der Waals surface area contributed by atoms with Gasteiger partial charge in [0.05, 0.1) is 5.69 Å². The highest BCUT2D eigenvalue weighted by Gasteiger charge is 2.28. The third-order valence-electron chi connectivity index (χ3n) is 5.03. The maximum absolute atomic E-state index is 12.1. The SMILES string of the molecule is Cc1cccnc1C=CCNC(=O)OCC1c2ccccc2-c2ccccc21. The molecule has 1 heterocycles. The van der Waals surface area contributed by atoms with Crippen molar-refractivity contribution in [2.75, 3.05) is 13.2 Å². The summed E-state index contributed by atoms with van der Waals surface area (Å²) in [5.41, 5.74) is 6.86. The molecule has 1 amide bonds. The van der Waals surface area contributed by atoms with Gasteiger partial charge in [-0.15, -0.1) is 0 Å². The number of alkyl carbamates (subject to hydrolysis) is 1. The standard InChI is InChI=1S/C24H22N2O2/c1-17-8-6-14-25-23(17)13-7-15-26-24(27)28-16-22-20-11-4-2-9-18(20)19-10-3-5-12-21(19)22/h2-14,22H,15-16H2,1H3,(H,26,27). The molecule has 1 aliphatic carbocycles. The molecule has 0 atom stereocenters. The van der Waals surface area contributed by atoms with Crippen LogP contribution < -0.4 is 5.32 Å². The lowest BCUT2D eigenvalue weighted by molar-refractivity contribution is 0.144. The van der Waals surface area contributed by atoms with Crippen LogP contribution in [0.15, 0.2) is 72.9 Å². The first-order valence-electron chi connectivity index (χ1n) is 9.41. The normalized spacial score (nSPS) is 12.6. The van der Waals surface area contributed by atoms with Gasteiger partial charge >= 0.3 is 6.09 Å². The van der Waals surface area contributed by atoms with Gasteiger partial charge in [-0.2, -0.15) is 0 Å². The first-order chi connectivity index (χ1) is 13.7. The number of pyridine rings is 1. The molecule has 0 fully saturated rings. The van der Waals surface area contributed by atoms with Crippen molar-refractivity contribution in [3.05, 3.63) is 95.3 Å². The van der Waals surface area contributed by atoms with Crippen LogP contribution in [0.5, 0.6) is 0 Å². The number of hydrogen-bond acceptors (Lipinski definition) is 3. The average Bonchev–Trinajstić information content (AvgIpc) is 3.05. The lowest BCUT2D eigenvalue weighted by Gasteiger charge is -2.14. The van der Waals surface area contributed by atoms with E-state index in [0.29, 0.717) is 13.2 Å². The molecule has 1 aromatic heterocycles. The van der Waals surface area contributed by atoms with E-state index in [1.54, 1.807) is 6.20 Å². The van der Waals surface area contributed by atoms with E-state index < -0.39 is 6.09 Å². The number of carbonyl (C=O) groups excluding carboxylic acids is 1. The lowest BCUT2D eigenvalue weighted by atomic mass is 9.98. The molecule has 0 aliphatic heterocycles. The molecule has 0 bridgehead atoms. The van der Waals surface area contributed by atoms with E-state index in [-0.39, 0.29) is 5.92 Å². The quantitative estimate of drug-likeness (QED) is 0.692. The minimum absolute atomic E-state index is 0.0739. The lowest BCUT2D eigenvalue weighted by Crippen LogP contribution is -2.26. The molecule has 0 spiro atoms. The van der Waals surface area contributed by atoms with Gasteiger partial charge in [0.1, 0.15) is 6.61 Å². The molecule has 140 valence electrons. The molecular weight excluding hydrogens is 348 g/mol. The van der Waals surface area contributed by atoms with E-state index in [2.05, 4.69) is 34.6 Å². The van der Waals surface area contributed by atoms with Crippen LogP contribution in [0, 0.1) is 6.92 Å². The largest absolute Gasteiger partial charge is 0.449 e. The van der Waals surface area contributed by atoms with E-state index >= 15 is 0 Å². The number of carbonyl (C=O) groups is 1. The molecule has 2 aromatic carbocycles. The summed E-state index contributed by atoms with van der Waals surface area (Å²) in [6.45, 7) is 2.72. The Balaban J connectivity index is 1.35. The zero-order valence-electron chi connectivity index (χ0n) is 15.8. The molecular formula is C24H22N2O2. The maximum Gasteiger partial charge on any atom is 0.407 e. The molecule has 0 saturated carbocycles. The molecule has 1 aliphatic rings. The van der Waals surface area contributed by atoms with Crippen molar-refractivity contribution in [2.24, 2.45) is 0 Å². The number of hydrogen-bond donors (Lipinski definition) is 1. The van der Waals surface area contributed by atoms with Gasteiger partial charge in [-0.05, 0) is 46.9 Å². The van der Waals surface area contributed by atoms with Crippen LogP contribution in [-0.2, 0) is 4.74 Å². The van der Waals surface area contributed by atoms with Crippen molar-refractivity contribution in [3.63, 3.8) is 0 Å². The van der Waals surface area contributed by atoms with E-state index in [9.17, 15) is 4.79 Å². The van der Waals surface area contributed by atoms with E-state index in [1.807, 2.05) is 55.5 Å². The summed E-state index contributed by atoms with van der Waals surface area (Å²) in [4.78, 5) is 16.4. The number of ether oxygens (including phenoxy) is 1. The van der Waals surface area contributed by atoms with Crippen LogP contribution >= 0.6 is 0 Å². The molecule has 4 heteroatoms. The topological polar surface area (TPSA) is 51.2 Å². The van der Waals surface area contributed by atoms with Crippen LogP contribution in [0.2, 0.25) is 0 Å². The minimum Gasteiger partial charge on any atom is -0.449 e. The second kappa shape index (κ2) is 8.09. The van der Waals surface area contributed by atoms with Crippen LogP contribution in [0.25, 0.3) is 17.2 Å². The second-order valence-electron chi connectivity index (χ2n) is 6.81. The zero-order valence-corrected chi connectivity index (χ0v) is 15.8. The highest BCUT2D eigenvalue weighted by atomic mass is 16.5. The summed E-state index contributed by atoms with van der Waals surface area (Å²) >= 11 is 0. The number of nitrogens with one attached hydrogen (secondary N) is 1. The molecule has 0 saturated heterocycles. The van der Waals surface area contributed by atoms with Gasteiger partial charge in [0.2, 0.25) is 0 Å². The zero-order chi connectivity index (χ0) is 19.3. The first-order valence-corrected chi connectivity index (χ1v) is 9.41. The van der Waals surface area contributed by atoms with Crippen LogP contribution in [-0.4, -0.2) is 24.2 Å². The van der Waals surface area contributed by atoms with Crippen LogP contribution in [0.4, 0.5) is 4.79 Å². The highest BCUT2D eigenvalue weighted by molar-refractivity contribution is 5.79. The Morgan fingerprint density at radius 3 is 2.39 bits per heavy atom. The van der Waals surface area contributed by atoms with Crippen molar-refractivity contribution in [3.8, 4) is 11.1 Å². The predicted octanol–water partition coefficient (Wildman–Crippen LogP) is 4.94. The molecule has 28 heavy (non-hydrogen) atoms. The summed E-state index contributed by atoms with van der Waals surface area (Å²) < 4.78 is 5.52. The van der Waals surface area contributed by atoms with Gasteiger partial charge in [0.25, 0.3) is 0 Å². The fourth-order valence-electron chi connectivity index (χ4n) is 3.63. The van der Waals surface area contributed by atoms with Gasteiger partial charge in [-0.1, -0.05) is 60.7 Å². The van der Waals surface area contributed by atoms with Gasteiger partial charge in [-0.3, -0.25) is 4.98 Å². The molecule has 4 nitrogen and oxygen atoms in total. The Hall–Kier alpha value is -3.40. The van der Waals surface area contributed by atoms with Crippen molar-refractivity contribution >= 4 is 12.2 Å². The smallest absolute Gasteiger partial charge is 0.407 e. The predicted molar refractivity (Wildman–Crippen MR) is 111 cm³/mol. The number of rotatable bonds is 5. The van der Waals surface area contributed by atoms with Gasteiger partial charge in [0, 0.05) is 18.7 Å². The van der Waals surface area contributed by atoms with Crippen molar-refractivity contribution < 1.29 is 9.53 Å². The van der Waals surface area contributed by atoms with E-state index in [0.717, 1.165) is 11.3 Å². The van der Waals surface area contributed by atoms with Crippen LogP contribution in [0.3, 0.4) is 0 Å². The summed E-state index contributed by atoms with van der Waals surface area (Å²) in [7, 11) is 0. The van der Waals surface area contributed by atoms with Crippen molar-refractivity contribution in [2.45, 2.75) is 12.8 Å². The number of aryl methyl sites for hydroxylation is 1. The number of aromatic nitrogens is 1. The third-order valence-corrected chi connectivity index (χ3v) is 5.03. The number of nitrogens with zero attached hydrogens (tertiary/aromatic N) is 1. The highest BCUT2D eigenvalue weighted by Crippen LogP contribution is 2.44. The first kappa shape index (κ1) is 18.0. The summed E-state index contributed by atoms with van der Waals surface area (Å²) in [5.74, 6) is 0.0739. The fourth-order valence-corrected chi connectivity index (χ4v) is 3.63. The van der Waals surface area contributed by atoms with Gasteiger partial charge in [0.15, 0.2) is 0 Å². The molecule has 0 radical (unpaired) electrons. The minimum atomic E-state index is -0.413. The van der Waals surface area contributed by atoms with E-state index in [1.165, 1.54) is 22.3 Å². The molecule has 0 unspecified atom stereocenters. The summed E-state index contributed by atoms with van der Waals surface area (Å²) in [5, 5.41) is 2.77. The van der Waals surface area contributed by atoms with E-state index in [4.69, 9.17) is 4.74 Å². The number of amides is 1. The Kier molecular flexibility index (Phi) is 5.20. The Morgan fingerprint density at radius 1 is 1.04 bits per heavy atom. The third kappa shape index (κ3) is 3.67. The monoisotopic (exact) mass is 370 g/mol. The summed E-state index contributed by atoms with van der Waals surface area (Å²) in [6.07, 6.45) is 5.12. The maximum atomic E-state index is 12.1. The Morgan fingerprint density at radius 2 is 1.71 bits per heavy atom. The van der Waals surface area contributed by atoms with Crippen LogP contribution in [0.1, 0.15) is 28.3 Å². The van der Waals surface area contributed by atoms with Gasteiger partial charge in [-0.25, -0.2) is 4.79 Å². The fraction of sp³-hybridized carbons (Fsp3) is 0.167. The molecule has 3 aromatic rings. The number of fused-ring (bicyclic) bond motifs is 3. The summed E-state index contributed by atoms with van der Waals surface area (Å²) in [6, 6.07) is 20.5. The van der Waals surface area contributed by atoms with Crippen molar-refractivity contribution in [1.29, 1.82) is 0 Å². The van der Waals surface area contributed by atoms with Crippen molar-refractivity contribution in [1.82, 2.24) is 10.3 Å². The Bertz CT molecular complexity index is 981.